The molecule has 0 spiro atoms. The molecule has 0 aliphatic carbocycles. The average molecular weight is 284 g/mol. The number of rotatable bonds is 5. The number of hydrogen-bond donors (Lipinski definition) is 1. The van der Waals surface area contributed by atoms with Crippen LogP contribution in [0.2, 0.25) is 5.02 Å². The number of nitrogens with zero attached hydrogens (tertiary/aromatic N) is 2. The number of ether oxygens (including phenoxy) is 1. The third-order valence-corrected chi connectivity index (χ3v) is 3.78. The Morgan fingerprint density at radius 1 is 1.50 bits per heavy atom. The minimum absolute atomic E-state index is 0.309. The minimum Gasteiger partial charge on any atom is -0.467 e. The molecule has 0 saturated heterocycles. The Kier molecular flexibility index (Phi) is 4.38. The second-order valence-electron chi connectivity index (χ2n) is 3.63. The normalized spacial score (nSPS) is 10.4. The fraction of sp³-hybridized carbons (Fsp3) is 0.333. The molecular weight excluding hydrogens is 270 g/mol. The molecule has 2 heterocycles. The lowest BCUT2D eigenvalue weighted by Crippen LogP contribution is -2.04. The molecule has 0 saturated carbocycles. The zero-order chi connectivity index (χ0) is 13.0. The number of hydrogen-bond acceptors (Lipinski definition) is 5. The molecule has 0 aromatic carbocycles. The van der Waals surface area contributed by atoms with Gasteiger partial charge in [-0.15, -0.1) is 11.3 Å². The summed E-state index contributed by atoms with van der Waals surface area (Å²) in [5.74, 6) is 0.596. The van der Waals surface area contributed by atoms with Gasteiger partial charge >= 0.3 is 6.01 Å². The summed E-state index contributed by atoms with van der Waals surface area (Å²) in [5, 5.41) is 5.80. The molecule has 96 valence electrons. The summed E-state index contributed by atoms with van der Waals surface area (Å²) in [6.45, 7) is 2.85. The van der Waals surface area contributed by atoms with Crippen LogP contribution in [0.25, 0.3) is 0 Å². The first-order valence-electron chi connectivity index (χ1n) is 5.60. The number of aryl methyl sites for hydroxylation is 1. The average Bonchev–Trinajstić information content (AvgIpc) is 2.85. The topological polar surface area (TPSA) is 47.0 Å². The van der Waals surface area contributed by atoms with Crippen LogP contribution in [0.1, 0.15) is 17.4 Å². The lowest BCUT2D eigenvalue weighted by molar-refractivity contribution is 0.380. The van der Waals surface area contributed by atoms with Gasteiger partial charge in [0.05, 0.1) is 19.9 Å². The van der Waals surface area contributed by atoms with E-state index in [4.69, 9.17) is 16.3 Å². The fourth-order valence-corrected chi connectivity index (χ4v) is 2.65. The van der Waals surface area contributed by atoms with Gasteiger partial charge in [-0.1, -0.05) is 18.5 Å². The van der Waals surface area contributed by atoms with E-state index in [1.165, 1.54) is 23.7 Å². The molecule has 18 heavy (non-hydrogen) atoms. The molecule has 6 heteroatoms. The Labute approximate surface area is 115 Å². The highest BCUT2D eigenvalue weighted by Gasteiger charge is 2.07. The van der Waals surface area contributed by atoms with Crippen molar-refractivity contribution in [3.8, 4) is 6.01 Å². The summed E-state index contributed by atoms with van der Waals surface area (Å²) in [7, 11) is 1.53. The second-order valence-corrected chi connectivity index (χ2v) is 5.04. The fourth-order valence-electron chi connectivity index (χ4n) is 1.57. The first-order valence-corrected chi connectivity index (χ1v) is 6.86. The van der Waals surface area contributed by atoms with Crippen molar-refractivity contribution in [3.63, 3.8) is 0 Å². The van der Waals surface area contributed by atoms with E-state index in [9.17, 15) is 0 Å². The maximum atomic E-state index is 6.03. The summed E-state index contributed by atoms with van der Waals surface area (Å²) in [5.41, 5.74) is 1.35. The SMILES string of the molecule is CCc1ccsc1CNc1nc(OC)ncc1Cl. The molecule has 0 radical (unpaired) electrons. The Morgan fingerprint density at radius 2 is 2.33 bits per heavy atom. The first-order chi connectivity index (χ1) is 8.74. The van der Waals surface area contributed by atoms with Gasteiger partial charge in [0.15, 0.2) is 5.82 Å². The van der Waals surface area contributed by atoms with Gasteiger partial charge in [-0.25, -0.2) is 4.98 Å². The Morgan fingerprint density at radius 3 is 3.06 bits per heavy atom. The second kappa shape index (κ2) is 6.02. The van der Waals surface area contributed by atoms with Crippen LogP contribution in [0, 0.1) is 0 Å². The highest BCUT2D eigenvalue weighted by molar-refractivity contribution is 7.10. The van der Waals surface area contributed by atoms with Crippen LogP contribution in [0.4, 0.5) is 5.82 Å². The first kappa shape index (κ1) is 13.1. The molecule has 2 rings (SSSR count). The predicted molar refractivity (Wildman–Crippen MR) is 74.6 cm³/mol. The Bertz CT molecular complexity index is 530. The Hall–Kier alpha value is -1.33. The lowest BCUT2D eigenvalue weighted by Gasteiger charge is -2.08. The third kappa shape index (κ3) is 2.91. The van der Waals surface area contributed by atoms with Gasteiger partial charge in [-0.05, 0) is 23.4 Å². The van der Waals surface area contributed by atoms with E-state index >= 15 is 0 Å². The monoisotopic (exact) mass is 283 g/mol. The lowest BCUT2D eigenvalue weighted by atomic mass is 10.2. The van der Waals surface area contributed by atoms with E-state index in [-0.39, 0.29) is 0 Å². The van der Waals surface area contributed by atoms with Crippen LogP contribution >= 0.6 is 22.9 Å². The highest BCUT2D eigenvalue weighted by Crippen LogP contribution is 2.23. The van der Waals surface area contributed by atoms with Crippen molar-refractivity contribution in [2.24, 2.45) is 0 Å². The van der Waals surface area contributed by atoms with Crippen molar-refractivity contribution in [1.82, 2.24) is 9.97 Å². The molecule has 0 atom stereocenters. The van der Waals surface area contributed by atoms with Crippen molar-refractivity contribution < 1.29 is 4.74 Å². The van der Waals surface area contributed by atoms with Crippen LogP contribution in [0.5, 0.6) is 6.01 Å². The summed E-state index contributed by atoms with van der Waals surface area (Å²) < 4.78 is 4.97. The van der Waals surface area contributed by atoms with Crippen LogP contribution in [-0.2, 0) is 13.0 Å². The number of thiophene rings is 1. The zero-order valence-electron chi connectivity index (χ0n) is 10.2. The highest BCUT2D eigenvalue weighted by atomic mass is 35.5. The number of methoxy groups -OCH3 is 1. The number of anilines is 1. The van der Waals surface area contributed by atoms with Crippen molar-refractivity contribution in [1.29, 1.82) is 0 Å². The van der Waals surface area contributed by atoms with Crippen LogP contribution in [0.15, 0.2) is 17.6 Å². The summed E-state index contributed by atoms with van der Waals surface area (Å²) in [4.78, 5) is 9.40. The van der Waals surface area contributed by atoms with Gasteiger partial charge in [0.2, 0.25) is 0 Å². The molecule has 0 unspecified atom stereocenters. The van der Waals surface area contributed by atoms with Gasteiger partial charge in [-0.3, -0.25) is 0 Å². The number of halogens is 1. The Balaban J connectivity index is 2.10. The molecule has 0 amide bonds. The molecule has 0 fully saturated rings. The van der Waals surface area contributed by atoms with E-state index in [1.807, 2.05) is 0 Å². The smallest absolute Gasteiger partial charge is 0.318 e. The van der Waals surface area contributed by atoms with E-state index in [2.05, 4.69) is 33.7 Å². The standard InChI is InChI=1S/C12H14ClN3OS/c1-3-8-4-5-18-10(8)7-14-11-9(13)6-15-12(16-11)17-2/h4-6H,3,7H2,1-2H3,(H,14,15,16). The van der Waals surface area contributed by atoms with E-state index in [0.717, 1.165) is 6.42 Å². The number of aromatic nitrogens is 2. The molecule has 4 nitrogen and oxygen atoms in total. The van der Waals surface area contributed by atoms with E-state index < -0.39 is 0 Å². The van der Waals surface area contributed by atoms with Crippen LogP contribution in [-0.4, -0.2) is 17.1 Å². The van der Waals surface area contributed by atoms with Crippen molar-refractivity contribution >= 4 is 28.8 Å². The predicted octanol–water partition coefficient (Wildman–Crippen LogP) is 3.37. The number of nitrogens with one attached hydrogen (secondary N) is 1. The van der Waals surface area contributed by atoms with Crippen LogP contribution in [0.3, 0.4) is 0 Å². The summed E-state index contributed by atoms with van der Waals surface area (Å²) >= 11 is 7.76. The molecular formula is C12H14ClN3OS. The summed E-state index contributed by atoms with van der Waals surface area (Å²) in [6.07, 6.45) is 2.56. The zero-order valence-corrected chi connectivity index (χ0v) is 11.8. The summed E-state index contributed by atoms with van der Waals surface area (Å²) in [6, 6.07) is 2.45. The molecule has 1 N–H and O–H groups in total. The maximum Gasteiger partial charge on any atom is 0.318 e. The van der Waals surface area contributed by atoms with Crippen molar-refractivity contribution in [2.75, 3.05) is 12.4 Å². The van der Waals surface area contributed by atoms with E-state index in [0.29, 0.717) is 23.4 Å². The minimum atomic E-state index is 0.309. The van der Waals surface area contributed by atoms with Gasteiger partial charge in [-0.2, -0.15) is 4.98 Å². The quantitative estimate of drug-likeness (QED) is 0.914. The van der Waals surface area contributed by atoms with Gasteiger partial charge in [0.1, 0.15) is 5.02 Å². The molecule has 2 aromatic rings. The van der Waals surface area contributed by atoms with Crippen LogP contribution < -0.4 is 10.1 Å². The maximum absolute atomic E-state index is 6.03. The molecule has 0 bridgehead atoms. The van der Waals surface area contributed by atoms with Crippen molar-refractivity contribution in [2.45, 2.75) is 19.9 Å². The van der Waals surface area contributed by atoms with Gasteiger partial charge in [0, 0.05) is 4.88 Å². The largest absolute Gasteiger partial charge is 0.467 e. The molecule has 0 aliphatic heterocycles. The third-order valence-electron chi connectivity index (χ3n) is 2.54. The molecule has 0 aliphatic rings. The molecule has 2 aromatic heterocycles. The van der Waals surface area contributed by atoms with Gasteiger partial charge in [0.25, 0.3) is 0 Å². The van der Waals surface area contributed by atoms with Gasteiger partial charge < -0.3 is 10.1 Å². The van der Waals surface area contributed by atoms with Crippen molar-refractivity contribution in [3.05, 3.63) is 33.1 Å². The van der Waals surface area contributed by atoms with E-state index in [1.54, 1.807) is 11.3 Å².